The Hall–Kier alpha value is -2.49. The summed E-state index contributed by atoms with van der Waals surface area (Å²) in [5.74, 6) is 0.849. The fourth-order valence-electron chi connectivity index (χ4n) is 3.03. The van der Waals surface area contributed by atoms with Gasteiger partial charge in [0.2, 0.25) is 5.91 Å². The van der Waals surface area contributed by atoms with Crippen molar-refractivity contribution in [1.29, 1.82) is 0 Å². The molecule has 2 heterocycles. The van der Waals surface area contributed by atoms with E-state index >= 15 is 0 Å². The molecule has 1 amide bonds. The molecule has 0 fully saturated rings. The molecule has 24 heavy (non-hydrogen) atoms. The van der Waals surface area contributed by atoms with E-state index in [1.165, 1.54) is 16.5 Å². The van der Waals surface area contributed by atoms with Crippen LogP contribution in [0.25, 0.3) is 10.9 Å². The maximum Gasteiger partial charge on any atom is 0.220 e. The van der Waals surface area contributed by atoms with Gasteiger partial charge in [0.15, 0.2) is 0 Å². The molecule has 0 radical (unpaired) electrons. The highest BCUT2D eigenvalue weighted by Gasteiger charge is 2.10. The molecule has 0 spiro atoms. The van der Waals surface area contributed by atoms with E-state index in [2.05, 4.69) is 54.2 Å². The van der Waals surface area contributed by atoms with Crippen molar-refractivity contribution < 1.29 is 9.21 Å². The van der Waals surface area contributed by atoms with Crippen molar-refractivity contribution in [2.75, 3.05) is 0 Å². The second kappa shape index (κ2) is 7.39. The first-order chi connectivity index (χ1) is 11.6. The SMILES string of the molecule is CC(C)n1cc(CCCC(=O)NCc2ccco2)c2ccccc21. The molecule has 0 aliphatic carbocycles. The maximum absolute atomic E-state index is 11.9. The van der Waals surface area contributed by atoms with Crippen molar-refractivity contribution >= 4 is 16.8 Å². The van der Waals surface area contributed by atoms with Crippen molar-refractivity contribution in [3.05, 3.63) is 60.2 Å². The third-order valence-corrected chi connectivity index (χ3v) is 4.27. The molecule has 0 saturated heterocycles. The van der Waals surface area contributed by atoms with Crippen molar-refractivity contribution in [1.82, 2.24) is 9.88 Å². The lowest BCUT2D eigenvalue weighted by molar-refractivity contribution is -0.121. The zero-order valence-electron chi connectivity index (χ0n) is 14.3. The number of para-hydroxylation sites is 1. The van der Waals surface area contributed by atoms with Crippen molar-refractivity contribution in [3.63, 3.8) is 0 Å². The highest BCUT2D eigenvalue weighted by molar-refractivity contribution is 5.84. The summed E-state index contributed by atoms with van der Waals surface area (Å²) < 4.78 is 7.52. The summed E-state index contributed by atoms with van der Waals surface area (Å²) in [6.07, 6.45) is 6.13. The lowest BCUT2D eigenvalue weighted by Crippen LogP contribution is -2.22. The number of hydrogen-bond donors (Lipinski definition) is 1. The van der Waals surface area contributed by atoms with Gasteiger partial charge in [-0.05, 0) is 50.5 Å². The molecule has 4 nitrogen and oxygen atoms in total. The van der Waals surface area contributed by atoms with Crippen LogP contribution in [0.15, 0.2) is 53.3 Å². The minimum atomic E-state index is 0.0685. The quantitative estimate of drug-likeness (QED) is 0.698. The predicted molar refractivity (Wildman–Crippen MR) is 95.8 cm³/mol. The lowest BCUT2D eigenvalue weighted by Gasteiger charge is -2.08. The number of aryl methyl sites for hydroxylation is 1. The number of carbonyl (C=O) groups excluding carboxylic acids is 1. The summed E-state index contributed by atoms with van der Waals surface area (Å²) in [6, 6.07) is 12.6. The standard InChI is InChI=1S/C20H24N2O2/c1-15(2)22-14-16(18-9-3-4-10-19(18)22)7-5-11-20(23)21-13-17-8-6-12-24-17/h3-4,6,8-10,12,14-15H,5,7,11,13H2,1-2H3,(H,21,23). The van der Waals surface area contributed by atoms with E-state index in [1.54, 1.807) is 6.26 Å². The molecule has 3 aromatic rings. The molecule has 0 aliphatic rings. The average molecular weight is 324 g/mol. The third kappa shape index (κ3) is 3.70. The van der Waals surface area contributed by atoms with Gasteiger partial charge in [-0.15, -0.1) is 0 Å². The van der Waals surface area contributed by atoms with Gasteiger partial charge in [0.1, 0.15) is 5.76 Å². The highest BCUT2D eigenvalue weighted by atomic mass is 16.3. The van der Waals surface area contributed by atoms with Gasteiger partial charge in [-0.1, -0.05) is 18.2 Å². The van der Waals surface area contributed by atoms with Crippen LogP contribution in [0, 0.1) is 0 Å². The minimum Gasteiger partial charge on any atom is -0.467 e. The van der Waals surface area contributed by atoms with E-state index in [1.807, 2.05) is 12.1 Å². The normalized spacial score (nSPS) is 11.3. The molecular weight excluding hydrogens is 300 g/mol. The van der Waals surface area contributed by atoms with Crippen LogP contribution in [0.5, 0.6) is 0 Å². The smallest absolute Gasteiger partial charge is 0.220 e. The first-order valence-electron chi connectivity index (χ1n) is 8.52. The number of nitrogens with one attached hydrogen (secondary N) is 1. The molecule has 0 saturated carbocycles. The summed E-state index contributed by atoms with van der Waals surface area (Å²) >= 11 is 0. The van der Waals surface area contributed by atoms with E-state index in [4.69, 9.17) is 4.42 Å². The summed E-state index contributed by atoms with van der Waals surface area (Å²) in [5.41, 5.74) is 2.59. The summed E-state index contributed by atoms with van der Waals surface area (Å²) in [7, 11) is 0. The first kappa shape index (κ1) is 16.4. The fraction of sp³-hybridized carbons (Fsp3) is 0.350. The van der Waals surface area contributed by atoms with Crippen LogP contribution in [-0.4, -0.2) is 10.5 Å². The molecular formula is C20H24N2O2. The van der Waals surface area contributed by atoms with Gasteiger partial charge in [-0.3, -0.25) is 4.79 Å². The Morgan fingerprint density at radius 3 is 2.79 bits per heavy atom. The zero-order chi connectivity index (χ0) is 16.9. The Bertz CT molecular complexity index is 800. The van der Waals surface area contributed by atoms with Gasteiger partial charge in [0.25, 0.3) is 0 Å². The van der Waals surface area contributed by atoms with Gasteiger partial charge in [0, 0.05) is 29.6 Å². The van der Waals surface area contributed by atoms with Gasteiger partial charge >= 0.3 is 0 Å². The van der Waals surface area contributed by atoms with Gasteiger partial charge in [0.05, 0.1) is 12.8 Å². The topological polar surface area (TPSA) is 47.2 Å². The molecule has 3 rings (SSSR count). The second-order valence-corrected chi connectivity index (χ2v) is 6.38. The number of carbonyl (C=O) groups is 1. The molecule has 1 N–H and O–H groups in total. The van der Waals surface area contributed by atoms with Gasteiger partial charge in [-0.25, -0.2) is 0 Å². The van der Waals surface area contributed by atoms with E-state index < -0.39 is 0 Å². The Kier molecular flexibility index (Phi) is 5.04. The van der Waals surface area contributed by atoms with Crippen LogP contribution in [0.4, 0.5) is 0 Å². The number of furan rings is 1. The number of hydrogen-bond acceptors (Lipinski definition) is 2. The zero-order valence-corrected chi connectivity index (χ0v) is 14.3. The monoisotopic (exact) mass is 324 g/mol. The number of amides is 1. The number of fused-ring (bicyclic) bond motifs is 1. The maximum atomic E-state index is 11.9. The fourth-order valence-corrected chi connectivity index (χ4v) is 3.03. The summed E-state index contributed by atoms with van der Waals surface area (Å²) in [5, 5.41) is 4.19. The van der Waals surface area contributed by atoms with Crippen LogP contribution >= 0.6 is 0 Å². The molecule has 0 atom stereocenters. The minimum absolute atomic E-state index is 0.0685. The Balaban J connectivity index is 1.57. The molecule has 2 aromatic heterocycles. The van der Waals surface area contributed by atoms with Crippen LogP contribution in [-0.2, 0) is 17.8 Å². The van der Waals surface area contributed by atoms with E-state index in [0.29, 0.717) is 19.0 Å². The number of aromatic nitrogens is 1. The van der Waals surface area contributed by atoms with Crippen LogP contribution < -0.4 is 5.32 Å². The largest absolute Gasteiger partial charge is 0.467 e. The lowest BCUT2D eigenvalue weighted by atomic mass is 10.1. The second-order valence-electron chi connectivity index (χ2n) is 6.38. The van der Waals surface area contributed by atoms with Crippen LogP contribution in [0.3, 0.4) is 0 Å². The Morgan fingerprint density at radius 1 is 1.21 bits per heavy atom. The molecule has 0 aliphatic heterocycles. The number of benzene rings is 1. The summed E-state index contributed by atoms with van der Waals surface area (Å²) in [4.78, 5) is 11.9. The van der Waals surface area contributed by atoms with E-state index in [0.717, 1.165) is 18.6 Å². The van der Waals surface area contributed by atoms with Gasteiger partial charge in [-0.2, -0.15) is 0 Å². The Morgan fingerprint density at radius 2 is 2.04 bits per heavy atom. The molecule has 0 bridgehead atoms. The van der Waals surface area contributed by atoms with E-state index in [-0.39, 0.29) is 5.91 Å². The average Bonchev–Trinajstić information content (AvgIpc) is 3.21. The molecule has 4 heteroatoms. The van der Waals surface area contributed by atoms with Gasteiger partial charge < -0.3 is 14.3 Å². The third-order valence-electron chi connectivity index (χ3n) is 4.27. The van der Waals surface area contributed by atoms with Crippen LogP contribution in [0.2, 0.25) is 0 Å². The number of rotatable bonds is 7. The van der Waals surface area contributed by atoms with Crippen molar-refractivity contribution in [3.8, 4) is 0 Å². The molecule has 126 valence electrons. The van der Waals surface area contributed by atoms with Crippen molar-refractivity contribution in [2.45, 2.75) is 45.7 Å². The van der Waals surface area contributed by atoms with Crippen LogP contribution in [0.1, 0.15) is 44.1 Å². The number of nitrogens with zero attached hydrogens (tertiary/aromatic N) is 1. The molecule has 0 unspecified atom stereocenters. The predicted octanol–water partition coefficient (Wildman–Crippen LogP) is 4.45. The molecule has 1 aromatic carbocycles. The Labute approximate surface area is 142 Å². The van der Waals surface area contributed by atoms with Crippen molar-refractivity contribution in [2.24, 2.45) is 0 Å². The summed E-state index contributed by atoms with van der Waals surface area (Å²) in [6.45, 7) is 4.84. The first-order valence-corrected chi connectivity index (χ1v) is 8.52. The highest BCUT2D eigenvalue weighted by Crippen LogP contribution is 2.25. The van der Waals surface area contributed by atoms with E-state index in [9.17, 15) is 4.79 Å².